The van der Waals surface area contributed by atoms with Crippen LogP contribution in [0.3, 0.4) is 0 Å². The van der Waals surface area contributed by atoms with Crippen molar-refractivity contribution in [2.75, 3.05) is 5.73 Å². The zero-order valence-electron chi connectivity index (χ0n) is 7.48. The van der Waals surface area contributed by atoms with Crippen LogP contribution in [0.5, 0.6) is 0 Å². The van der Waals surface area contributed by atoms with E-state index in [9.17, 15) is 9.59 Å². The molecule has 0 aliphatic heterocycles. The smallest absolute Gasteiger partial charge is 0.399 e. The Balaban J connectivity index is 3.11. The Morgan fingerprint density at radius 1 is 1.36 bits per heavy atom. The molecule has 0 radical (unpaired) electrons. The van der Waals surface area contributed by atoms with Crippen LogP contribution in [0, 0.1) is 0 Å². The minimum atomic E-state index is -0.687. The van der Waals surface area contributed by atoms with E-state index in [-0.39, 0.29) is 0 Å². The molecule has 2 rings (SSSR count). The van der Waals surface area contributed by atoms with Gasteiger partial charge in [-0.1, -0.05) is 0 Å². The summed E-state index contributed by atoms with van der Waals surface area (Å²) in [4.78, 5) is 22.4. The maximum absolute atomic E-state index is 11.2. The summed E-state index contributed by atoms with van der Waals surface area (Å²) < 4.78 is 5.72. The zero-order chi connectivity index (χ0) is 10.3. The third-order valence-electron chi connectivity index (χ3n) is 2.06. The van der Waals surface area contributed by atoms with Gasteiger partial charge in [-0.25, -0.2) is 9.59 Å². The minimum Gasteiger partial charge on any atom is -0.399 e. The van der Waals surface area contributed by atoms with Crippen molar-refractivity contribution in [3.8, 4) is 0 Å². The third-order valence-corrected chi connectivity index (χ3v) is 2.06. The number of benzene rings is 1. The number of fused-ring (bicyclic) bond motifs is 1. The normalized spacial score (nSPS) is 10.6. The number of nitrogens with two attached hydrogens (primary N) is 1. The first-order chi connectivity index (χ1) is 6.59. The summed E-state index contributed by atoms with van der Waals surface area (Å²) in [6.45, 7) is 0. The first-order valence-electron chi connectivity index (χ1n) is 3.99. The van der Waals surface area contributed by atoms with Crippen molar-refractivity contribution in [3.63, 3.8) is 0 Å². The second kappa shape index (κ2) is 2.73. The molecular weight excluding hydrogens is 184 g/mol. The van der Waals surface area contributed by atoms with E-state index in [1.165, 1.54) is 17.7 Å². The number of nitrogen functional groups attached to an aromatic ring is 1. The van der Waals surface area contributed by atoms with E-state index in [0.717, 1.165) is 0 Å². The molecule has 1 heterocycles. The molecule has 2 N–H and O–H groups in total. The molecule has 1 aromatic carbocycles. The van der Waals surface area contributed by atoms with Gasteiger partial charge in [0.1, 0.15) is 0 Å². The highest BCUT2D eigenvalue weighted by molar-refractivity contribution is 5.80. The molecule has 0 aliphatic rings. The van der Waals surface area contributed by atoms with E-state index in [1.54, 1.807) is 12.1 Å². The highest BCUT2D eigenvalue weighted by atomic mass is 16.4. The van der Waals surface area contributed by atoms with Gasteiger partial charge >= 0.3 is 11.4 Å². The van der Waals surface area contributed by atoms with Gasteiger partial charge < -0.3 is 10.2 Å². The lowest BCUT2D eigenvalue weighted by atomic mass is 10.2. The van der Waals surface area contributed by atoms with Crippen LogP contribution in [0.2, 0.25) is 0 Å². The summed E-state index contributed by atoms with van der Waals surface area (Å²) in [6, 6.07) is 4.69. The van der Waals surface area contributed by atoms with E-state index in [0.29, 0.717) is 16.6 Å². The van der Waals surface area contributed by atoms with Crippen LogP contribution in [-0.4, -0.2) is 4.57 Å². The van der Waals surface area contributed by atoms with E-state index in [1.807, 2.05) is 0 Å². The fraction of sp³-hybridized carbons (Fsp3) is 0.111. The third kappa shape index (κ3) is 1.10. The summed E-state index contributed by atoms with van der Waals surface area (Å²) in [6.07, 6.45) is 0. The van der Waals surface area contributed by atoms with Crippen molar-refractivity contribution in [2.24, 2.45) is 7.05 Å². The van der Waals surface area contributed by atoms with Crippen LogP contribution in [0.4, 0.5) is 5.69 Å². The van der Waals surface area contributed by atoms with Gasteiger partial charge in [0.2, 0.25) is 0 Å². The van der Waals surface area contributed by atoms with Crippen LogP contribution >= 0.6 is 0 Å². The highest BCUT2D eigenvalue weighted by Crippen LogP contribution is 2.11. The number of hydrogen-bond acceptors (Lipinski definition) is 4. The Morgan fingerprint density at radius 3 is 2.79 bits per heavy atom. The lowest BCUT2D eigenvalue weighted by molar-refractivity contribution is 0.433. The van der Waals surface area contributed by atoms with Gasteiger partial charge in [0.15, 0.2) is 0 Å². The Kier molecular flexibility index (Phi) is 1.67. The summed E-state index contributed by atoms with van der Waals surface area (Å²) in [5.74, 6) is -0.687. The van der Waals surface area contributed by atoms with Crippen LogP contribution in [0.25, 0.3) is 10.9 Å². The average molecular weight is 192 g/mol. The van der Waals surface area contributed by atoms with E-state index in [4.69, 9.17) is 5.73 Å². The van der Waals surface area contributed by atoms with Crippen LogP contribution in [0.15, 0.2) is 32.2 Å². The lowest BCUT2D eigenvalue weighted by Gasteiger charge is -2.02. The summed E-state index contributed by atoms with van der Waals surface area (Å²) in [5, 5.41) is 0.348. The van der Waals surface area contributed by atoms with Crippen molar-refractivity contribution < 1.29 is 4.42 Å². The van der Waals surface area contributed by atoms with Gasteiger partial charge in [-0.3, -0.25) is 4.57 Å². The second-order valence-electron chi connectivity index (χ2n) is 2.99. The molecule has 0 saturated heterocycles. The molecule has 0 bridgehead atoms. The maximum Gasteiger partial charge on any atom is 0.422 e. The Labute approximate surface area is 78.4 Å². The molecule has 72 valence electrons. The van der Waals surface area contributed by atoms with Crippen molar-refractivity contribution >= 4 is 16.6 Å². The molecule has 0 aliphatic carbocycles. The molecule has 14 heavy (non-hydrogen) atoms. The largest absolute Gasteiger partial charge is 0.422 e. The van der Waals surface area contributed by atoms with E-state index < -0.39 is 11.4 Å². The Hall–Kier alpha value is -2.04. The molecular formula is C9H8N2O3. The van der Waals surface area contributed by atoms with Gasteiger partial charge in [-0.15, -0.1) is 0 Å². The molecule has 0 fully saturated rings. The van der Waals surface area contributed by atoms with Crippen LogP contribution in [-0.2, 0) is 7.05 Å². The molecule has 0 spiro atoms. The standard InChI is InChI=1S/C9H8N2O3/c1-11-7-4-5(10)2-3-6(7)8(12)14-9(11)13/h2-4H,10H2,1H3. The molecule has 5 heteroatoms. The fourth-order valence-corrected chi connectivity index (χ4v) is 1.30. The van der Waals surface area contributed by atoms with Crippen molar-refractivity contribution in [1.29, 1.82) is 0 Å². The topological polar surface area (TPSA) is 78.2 Å². The quantitative estimate of drug-likeness (QED) is 0.599. The zero-order valence-corrected chi connectivity index (χ0v) is 7.48. The van der Waals surface area contributed by atoms with Gasteiger partial charge in [0.05, 0.1) is 10.9 Å². The number of rotatable bonds is 0. The van der Waals surface area contributed by atoms with Gasteiger partial charge in [-0.05, 0) is 18.2 Å². The highest BCUT2D eigenvalue weighted by Gasteiger charge is 2.05. The number of anilines is 1. The van der Waals surface area contributed by atoms with Crippen LogP contribution in [0.1, 0.15) is 0 Å². The molecule has 2 aromatic rings. The summed E-state index contributed by atoms with van der Waals surface area (Å²) >= 11 is 0. The molecule has 1 aromatic heterocycles. The van der Waals surface area contributed by atoms with Crippen molar-refractivity contribution in [1.82, 2.24) is 4.57 Å². The van der Waals surface area contributed by atoms with Crippen LogP contribution < -0.4 is 17.1 Å². The molecule has 0 amide bonds. The maximum atomic E-state index is 11.2. The number of aryl methyl sites for hydroxylation is 1. The van der Waals surface area contributed by atoms with E-state index in [2.05, 4.69) is 4.42 Å². The molecule has 0 atom stereocenters. The Morgan fingerprint density at radius 2 is 2.07 bits per heavy atom. The molecule has 0 saturated carbocycles. The first kappa shape index (κ1) is 8.55. The average Bonchev–Trinajstić information content (AvgIpc) is 2.14. The minimum absolute atomic E-state index is 0.348. The lowest BCUT2D eigenvalue weighted by Crippen LogP contribution is -2.22. The molecule has 0 unspecified atom stereocenters. The Bertz CT molecular complexity index is 609. The van der Waals surface area contributed by atoms with Gasteiger partial charge in [0.25, 0.3) is 0 Å². The monoisotopic (exact) mass is 192 g/mol. The van der Waals surface area contributed by atoms with Gasteiger partial charge in [-0.2, -0.15) is 0 Å². The predicted molar refractivity (Wildman–Crippen MR) is 52.1 cm³/mol. The predicted octanol–water partition coefficient (Wildman–Crippen LogP) is 0.0739. The SMILES string of the molecule is Cn1c(=O)oc(=O)c2ccc(N)cc21. The fourth-order valence-electron chi connectivity index (χ4n) is 1.30. The van der Waals surface area contributed by atoms with E-state index >= 15 is 0 Å². The second-order valence-corrected chi connectivity index (χ2v) is 2.99. The van der Waals surface area contributed by atoms with Crippen molar-refractivity contribution in [3.05, 3.63) is 39.2 Å². The number of nitrogens with zero attached hydrogens (tertiary/aromatic N) is 1. The number of aromatic nitrogens is 1. The first-order valence-corrected chi connectivity index (χ1v) is 3.99. The summed E-state index contributed by atoms with van der Waals surface area (Å²) in [5.41, 5.74) is 5.89. The number of hydrogen-bond donors (Lipinski definition) is 1. The van der Waals surface area contributed by atoms with Crippen molar-refractivity contribution in [2.45, 2.75) is 0 Å². The summed E-state index contributed by atoms with van der Waals surface area (Å²) in [7, 11) is 1.52. The molecule has 5 nitrogen and oxygen atoms in total. The van der Waals surface area contributed by atoms with Gasteiger partial charge in [0, 0.05) is 12.7 Å².